The molecule has 0 radical (unpaired) electrons. The smallest absolute Gasteiger partial charge is 0.0672 e. The van der Waals surface area contributed by atoms with Crippen molar-refractivity contribution in [3.63, 3.8) is 0 Å². The average Bonchev–Trinajstić information content (AvgIpc) is 2.42. The monoisotopic (exact) mass is 252 g/mol. The van der Waals surface area contributed by atoms with Gasteiger partial charge in [-0.1, -0.05) is 36.4 Å². The first-order valence-electron chi connectivity index (χ1n) is 6.02. The van der Waals surface area contributed by atoms with Gasteiger partial charge in [0.2, 0.25) is 0 Å². The number of rotatable bonds is 4. The van der Waals surface area contributed by atoms with Gasteiger partial charge in [-0.3, -0.25) is 4.98 Å². The number of carboxylic acids is 1. The molecule has 0 saturated carbocycles. The zero-order chi connectivity index (χ0) is 13.7. The van der Waals surface area contributed by atoms with Crippen molar-refractivity contribution in [2.75, 3.05) is 0 Å². The van der Waals surface area contributed by atoms with Crippen molar-refractivity contribution in [2.45, 2.75) is 13.3 Å². The highest BCUT2D eigenvalue weighted by Gasteiger charge is 1.97. The highest BCUT2D eigenvalue weighted by molar-refractivity contribution is 5.89. The summed E-state index contributed by atoms with van der Waals surface area (Å²) in [6.45, 7) is 1.53. The number of pyridine rings is 1. The molecule has 2 aromatic rings. The van der Waals surface area contributed by atoms with Crippen molar-refractivity contribution in [3.8, 4) is 0 Å². The van der Waals surface area contributed by atoms with Gasteiger partial charge in [0, 0.05) is 12.4 Å². The Morgan fingerprint density at radius 3 is 2.53 bits per heavy atom. The maximum atomic E-state index is 10.6. The van der Waals surface area contributed by atoms with E-state index >= 15 is 0 Å². The molecule has 0 fully saturated rings. The van der Waals surface area contributed by atoms with Crippen LogP contribution in [0.2, 0.25) is 0 Å². The van der Waals surface area contributed by atoms with Crippen molar-refractivity contribution in [1.82, 2.24) is 4.98 Å². The van der Waals surface area contributed by atoms with Gasteiger partial charge in [-0.05, 0) is 41.7 Å². The number of aliphatic carboxylic acids is 1. The number of carbonyl (C=O) groups excluding carboxylic acids is 1. The molecule has 3 heteroatoms. The predicted molar refractivity (Wildman–Crippen MR) is 72.1 cm³/mol. The van der Waals surface area contributed by atoms with E-state index < -0.39 is 5.97 Å². The molecule has 0 aliphatic heterocycles. The Bertz CT molecular complexity index is 586. The van der Waals surface area contributed by atoms with Gasteiger partial charge in [-0.25, -0.2) is 0 Å². The Labute approximate surface area is 112 Å². The molecule has 3 nitrogen and oxygen atoms in total. The lowest BCUT2D eigenvalue weighted by Gasteiger charge is -2.04. The van der Waals surface area contributed by atoms with E-state index in [0.717, 1.165) is 23.1 Å². The molecule has 0 aliphatic rings. The van der Waals surface area contributed by atoms with Gasteiger partial charge in [-0.2, -0.15) is 0 Å². The highest BCUT2D eigenvalue weighted by Crippen LogP contribution is 2.12. The number of hydrogen-bond acceptors (Lipinski definition) is 3. The first kappa shape index (κ1) is 13.0. The maximum absolute atomic E-state index is 10.6. The van der Waals surface area contributed by atoms with Crippen molar-refractivity contribution >= 4 is 12.0 Å². The molecule has 1 aromatic carbocycles. The molecular formula is C16H14NO2-. The molecule has 0 bridgehead atoms. The van der Waals surface area contributed by atoms with Crippen LogP contribution >= 0.6 is 0 Å². The van der Waals surface area contributed by atoms with Crippen LogP contribution in [0, 0.1) is 0 Å². The molecule has 0 unspecified atom stereocenters. The van der Waals surface area contributed by atoms with Gasteiger partial charge in [0.1, 0.15) is 0 Å². The Morgan fingerprint density at radius 1 is 1.21 bits per heavy atom. The van der Waals surface area contributed by atoms with Crippen LogP contribution in [0.25, 0.3) is 6.08 Å². The summed E-state index contributed by atoms with van der Waals surface area (Å²) in [6, 6.07) is 11.7. The number of carboxylic acid groups (broad SMARTS) is 1. The minimum absolute atomic E-state index is 0.222. The quantitative estimate of drug-likeness (QED) is 0.780. The molecule has 0 amide bonds. The van der Waals surface area contributed by atoms with E-state index in [1.807, 2.05) is 42.6 Å². The minimum atomic E-state index is -1.14. The number of benzene rings is 1. The van der Waals surface area contributed by atoms with E-state index in [1.165, 1.54) is 6.92 Å². The first-order chi connectivity index (χ1) is 9.15. The lowest BCUT2D eigenvalue weighted by atomic mass is 10.0. The van der Waals surface area contributed by atoms with Crippen molar-refractivity contribution < 1.29 is 9.90 Å². The normalized spacial score (nSPS) is 11.3. The SMILES string of the molecule is C/C(=C\c1ccc(Cc2cccnc2)cc1)C(=O)[O-]. The highest BCUT2D eigenvalue weighted by atomic mass is 16.4. The summed E-state index contributed by atoms with van der Waals surface area (Å²) in [7, 11) is 0. The van der Waals surface area contributed by atoms with Gasteiger partial charge < -0.3 is 9.90 Å². The van der Waals surface area contributed by atoms with Crippen LogP contribution in [-0.4, -0.2) is 11.0 Å². The molecule has 0 aliphatic carbocycles. The summed E-state index contributed by atoms with van der Waals surface area (Å²) in [6.07, 6.45) is 6.01. The fraction of sp³-hybridized carbons (Fsp3) is 0.125. The number of carbonyl (C=O) groups is 1. The van der Waals surface area contributed by atoms with Crippen molar-refractivity contribution in [2.24, 2.45) is 0 Å². The molecule has 0 N–H and O–H groups in total. The van der Waals surface area contributed by atoms with Crippen molar-refractivity contribution in [1.29, 1.82) is 0 Å². The average molecular weight is 252 g/mol. The topological polar surface area (TPSA) is 53.0 Å². The predicted octanol–water partition coefficient (Wildman–Crippen LogP) is 1.83. The van der Waals surface area contributed by atoms with E-state index in [4.69, 9.17) is 0 Å². The zero-order valence-corrected chi connectivity index (χ0v) is 10.7. The van der Waals surface area contributed by atoms with E-state index in [-0.39, 0.29) is 5.57 Å². The Kier molecular flexibility index (Phi) is 4.08. The number of hydrogen-bond donors (Lipinski definition) is 0. The van der Waals surface area contributed by atoms with Crippen LogP contribution < -0.4 is 5.11 Å². The lowest BCUT2D eigenvalue weighted by molar-refractivity contribution is -0.299. The molecule has 0 atom stereocenters. The molecule has 2 rings (SSSR count). The van der Waals surface area contributed by atoms with Crippen LogP contribution in [0.4, 0.5) is 0 Å². The molecule has 19 heavy (non-hydrogen) atoms. The summed E-state index contributed by atoms with van der Waals surface area (Å²) in [5, 5.41) is 10.6. The fourth-order valence-electron chi connectivity index (χ4n) is 1.78. The minimum Gasteiger partial charge on any atom is -0.545 e. The van der Waals surface area contributed by atoms with Crippen molar-refractivity contribution in [3.05, 3.63) is 71.1 Å². The molecular weight excluding hydrogens is 238 g/mol. The third-order valence-corrected chi connectivity index (χ3v) is 2.82. The van der Waals surface area contributed by atoms with E-state index in [2.05, 4.69) is 4.98 Å². The Hall–Kier alpha value is -2.42. The standard InChI is InChI=1S/C16H15NO2/c1-12(16(18)19)9-13-4-6-14(7-5-13)10-15-3-2-8-17-11-15/h2-9,11H,10H2,1H3,(H,18,19)/p-1/b12-9+. The summed E-state index contributed by atoms with van der Waals surface area (Å²) in [4.78, 5) is 14.7. The molecule has 0 spiro atoms. The first-order valence-corrected chi connectivity index (χ1v) is 6.02. The van der Waals surface area contributed by atoms with Gasteiger partial charge in [0.25, 0.3) is 0 Å². The molecule has 1 heterocycles. The third kappa shape index (κ3) is 3.78. The van der Waals surface area contributed by atoms with E-state index in [9.17, 15) is 9.90 Å². The molecule has 1 aromatic heterocycles. The van der Waals surface area contributed by atoms with Crippen LogP contribution in [0.5, 0.6) is 0 Å². The second-order valence-electron chi connectivity index (χ2n) is 4.39. The van der Waals surface area contributed by atoms with Gasteiger partial charge >= 0.3 is 0 Å². The maximum Gasteiger partial charge on any atom is 0.0672 e. The summed E-state index contributed by atoms with van der Waals surface area (Å²) < 4.78 is 0. The second-order valence-corrected chi connectivity index (χ2v) is 4.39. The van der Waals surface area contributed by atoms with Gasteiger partial charge in [0.05, 0.1) is 5.97 Å². The van der Waals surface area contributed by atoms with Crippen LogP contribution in [0.15, 0.2) is 54.4 Å². The number of aromatic nitrogens is 1. The van der Waals surface area contributed by atoms with Gasteiger partial charge in [-0.15, -0.1) is 0 Å². The van der Waals surface area contributed by atoms with Crippen LogP contribution in [0.1, 0.15) is 23.6 Å². The molecule has 0 saturated heterocycles. The van der Waals surface area contributed by atoms with E-state index in [0.29, 0.717) is 0 Å². The fourth-order valence-corrected chi connectivity index (χ4v) is 1.78. The second kappa shape index (κ2) is 5.96. The summed E-state index contributed by atoms with van der Waals surface area (Å²) >= 11 is 0. The van der Waals surface area contributed by atoms with Gasteiger partial charge in [0.15, 0.2) is 0 Å². The van der Waals surface area contributed by atoms with E-state index in [1.54, 1.807) is 12.3 Å². The summed E-state index contributed by atoms with van der Waals surface area (Å²) in [5.41, 5.74) is 3.39. The molecule has 96 valence electrons. The largest absolute Gasteiger partial charge is 0.545 e. The summed E-state index contributed by atoms with van der Waals surface area (Å²) in [5.74, 6) is -1.14. The number of nitrogens with zero attached hydrogens (tertiary/aromatic N) is 1. The third-order valence-electron chi connectivity index (χ3n) is 2.82. The zero-order valence-electron chi connectivity index (χ0n) is 10.7. The van der Waals surface area contributed by atoms with Crippen LogP contribution in [-0.2, 0) is 11.2 Å². The Morgan fingerprint density at radius 2 is 1.95 bits per heavy atom. The Balaban J connectivity index is 2.11. The van der Waals surface area contributed by atoms with Crippen LogP contribution in [0.3, 0.4) is 0 Å². The lowest BCUT2D eigenvalue weighted by Crippen LogP contribution is -2.22.